The molecule has 0 fully saturated rings. The Balaban J connectivity index is 2.39. The van der Waals surface area contributed by atoms with E-state index < -0.39 is 25.5 Å². The molecule has 0 saturated heterocycles. The van der Waals surface area contributed by atoms with E-state index in [-0.39, 0.29) is 0 Å². The quantitative estimate of drug-likeness (QED) is 0.794. The van der Waals surface area contributed by atoms with Crippen molar-refractivity contribution in [2.24, 2.45) is 5.73 Å². The molecule has 0 aliphatic rings. The zero-order chi connectivity index (χ0) is 12.7. The van der Waals surface area contributed by atoms with Crippen LogP contribution in [-0.4, -0.2) is 25.5 Å². The molecule has 0 aliphatic carbocycles. The van der Waals surface area contributed by atoms with Crippen LogP contribution in [0, 0.1) is 0 Å². The van der Waals surface area contributed by atoms with Crippen molar-refractivity contribution in [2.75, 3.05) is 18.5 Å². The molecule has 3 N–H and O–H groups in total. The van der Waals surface area contributed by atoms with E-state index in [2.05, 4.69) is 10.1 Å². The number of hydrogen-bond acceptors (Lipinski definition) is 3. The number of nitrogens with two attached hydrogens (primary N) is 1. The predicted molar refractivity (Wildman–Crippen MR) is 59.8 cm³/mol. The highest BCUT2D eigenvalue weighted by molar-refractivity contribution is 5.91. The third kappa shape index (κ3) is 5.37. The molecule has 0 saturated carbocycles. The highest BCUT2D eigenvalue weighted by Crippen LogP contribution is 2.09. The summed E-state index contributed by atoms with van der Waals surface area (Å²) in [6.07, 6.45) is -2.57. The molecule has 1 rings (SSSR count). The minimum atomic E-state index is -2.57. The Morgan fingerprint density at radius 3 is 2.88 bits per heavy atom. The van der Waals surface area contributed by atoms with Gasteiger partial charge in [-0.15, -0.1) is 0 Å². The molecule has 0 atom stereocenters. The summed E-state index contributed by atoms with van der Waals surface area (Å²) >= 11 is 0. The number of carbonyl (C=O) groups excluding carboxylic acids is 1. The predicted octanol–water partition coefficient (Wildman–Crippen LogP) is 1.37. The van der Waals surface area contributed by atoms with Crippen LogP contribution < -0.4 is 11.1 Å². The first-order chi connectivity index (χ1) is 8.11. The molecule has 0 aliphatic heterocycles. The Bertz CT molecular complexity index is 372. The molecule has 6 heteroatoms. The molecule has 17 heavy (non-hydrogen) atoms. The Hall–Kier alpha value is -1.53. The van der Waals surface area contributed by atoms with Gasteiger partial charge < -0.3 is 15.8 Å². The van der Waals surface area contributed by atoms with E-state index >= 15 is 0 Å². The van der Waals surface area contributed by atoms with Crippen molar-refractivity contribution in [3.05, 3.63) is 29.8 Å². The van der Waals surface area contributed by atoms with E-state index in [4.69, 9.17) is 5.73 Å². The molecule has 0 bridgehead atoms. The lowest BCUT2D eigenvalue weighted by Crippen LogP contribution is -2.20. The maximum Gasteiger partial charge on any atom is 0.261 e. The molecule has 1 aromatic rings. The van der Waals surface area contributed by atoms with Gasteiger partial charge in [0.25, 0.3) is 6.43 Å². The third-order valence-electron chi connectivity index (χ3n) is 1.92. The summed E-state index contributed by atoms with van der Waals surface area (Å²) in [6, 6.07) is 6.97. The van der Waals surface area contributed by atoms with Gasteiger partial charge in [-0.1, -0.05) is 12.1 Å². The zero-order valence-electron chi connectivity index (χ0n) is 9.16. The lowest BCUT2D eigenvalue weighted by Gasteiger charge is -2.07. The summed E-state index contributed by atoms with van der Waals surface area (Å²) in [4.78, 5) is 11.3. The SMILES string of the molecule is NCc1cccc(NC(=O)COCC(F)F)c1. The minimum absolute atomic E-state index is 0.367. The number of alkyl halides is 2. The Morgan fingerprint density at radius 1 is 1.47 bits per heavy atom. The number of anilines is 1. The lowest BCUT2D eigenvalue weighted by molar-refractivity contribution is -0.121. The lowest BCUT2D eigenvalue weighted by atomic mass is 10.2. The second-order valence-corrected chi connectivity index (χ2v) is 3.36. The number of rotatable bonds is 6. The number of amides is 1. The summed E-state index contributed by atoms with van der Waals surface area (Å²) in [7, 11) is 0. The first-order valence-electron chi connectivity index (χ1n) is 5.06. The molecular formula is C11H14F2N2O2. The van der Waals surface area contributed by atoms with Gasteiger partial charge in [0.2, 0.25) is 5.91 Å². The van der Waals surface area contributed by atoms with Crippen LogP contribution in [0.3, 0.4) is 0 Å². The smallest absolute Gasteiger partial charge is 0.261 e. The topological polar surface area (TPSA) is 64.3 Å². The van der Waals surface area contributed by atoms with Crippen LogP contribution in [-0.2, 0) is 16.1 Å². The van der Waals surface area contributed by atoms with Crippen molar-refractivity contribution < 1.29 is 18.3 Å². The van der Waals surface area contributed by atoms with Crippen molar-refractivity contribution in [2.45, 2.75) is 13.0 Å². The van der Waals surface area contributed by atoms with Crippen molar-refractivity contribution >= 4 is 11.6 Å². The van der Waals surface area contributed by atoms with Gasteiger partial charge in [-0.25, -0.2) is 8.78 Å². The summed E-state index contributed by atoms with van der Waals surface area (Å²) in [5.74, 6) is -0.472. The van der Waals surface area contributed by atoms with E-state index in [1.54, 1.807) is 18.2 Å². The highest BCUT2D eigenvalue weighted by atomic mass is 19.3. The Morgan fingerprint density at radius 2 is 2.24 bits per heavy atom. The zero-order valence-corrected chi connectivity index (χ0v) is 9.16. The van der Waals surface area contributed by atoms with Gasteiger partial charge in [-0.05, 0) is 17.7 Å². The fourth-order valence-corrected chi connectivity index (χ4v) is 1.21. The second-order valence-electron chi connectivity index (χ2n) is 3.36. The largest absolute Gasteiger partial charge is 0.366 e. The molecule has 0 aromatic heterocycles. The normalized spacial score (nSPS) is 10.6. The number of ether oxygens (including phenoxy) is 1. The molecule has 0 radical (unpaired) electrons. The fraction of sp³-hybridized carbons (Fsp3) is 0.364. The van der Waals surface area contributed by atoms with Crippen LogP contribution in [0.4, 0.5) is 14.5 Å². The van der Waals surface area contributed by atoms with Crippen LogP contribution in [0.5, 0.6) is 0 Å². The van der Waals surface area contributed by atoms with Crippen LogP contribution in [0.25, 0.3) is 0 Å². The number of hydrogen-bond donors (Lipinski definition) is 2. The average Bonchev–Trinajstić information content (AvgIpc) is 2.28. The third-order valence-corrected chi connectivity index (χ3v) is 1.92. The summed E-state index contributed by atoms with van der Waals surface area (Å²) in [6.45, 7) is -0.765. The Kier molecular flexibility index (Phi) is 5.51. The monoisotopic (exact) mass is 244 g/mol. The van der Waals surface area contributed by atoms with Crippen molar-refractivity contribution in [3.63, 3.8) is 0 Å². The van der Waals surface area contributed by atoms with Crippen LogP contribution in [0.15, 0.2) is 24.3 Å². The van der Waals surface area contributed by atoms with Gasteiger partial charge in [0, 0.05) is 12.2 Å². The molecule has 0 unspecified atom stereocenters. The van der Waals surface area contributed by atoms with Crippen LogP contribution in [0.1, 0.15) is 5.56 Å². The number of carbonyl (C=O) groups is 1. The van der Waals surface area contributed by atoms with Gasteiger partial charge in [-0.2, -0.15) is 0 Å². The molecule has 4 nitrogen and oxygen atoms in total. The summed E-state index contributed by atoms with van der Waals surface area (Å²) in [5, 5.41) is 2.53. The van der Waals surface area contributed by atoms with E-state index in [9.17, 15) is 13.6 Å². The number of benzene rings is 1. The van der Waals surface area contributed by atoms with Crippen LogP contribution in [0.2, 0.25) is 0 Å². The Labute approximate surface area is 97.8 Å². The van der Waals surface area contributed by atoms with E-state index in [0.29, 0.717) is 12.2 Å². The van der Waals surface area contributed by atoms with E-state index in [1.165, 1.54) is 0 Å². The van der Waals surface area contributed by atoms with Crippen molar-refractivity contribution in [1.82, 2.24) is 0 Å². The van der Waals surface area contributed by atoms with Gasteiger partial charge in [-0.3, -0.25) is 4.79 Å². The summed E-state index contributed by atoms with van der Waals surface area (Å²) in [5.41, 5.74) is 6.88. The van der Waals surface area contributed by atoms with E-state index in [1.807, 2.05) is 6.07 Å². The first kappa shape index (κ1) is 13.5. The van der Waals surface area contributed by atoms with Gasteiger partial charge in [0.15, 0.2) is 0 Å². The molecular weight excluding hydrogens is 230 g/mol. The number of nitrogens with one attached hydrogen (secondary N) is 1. The maximum atomic E-state index is 11.7. The molecule has 0 heterocycles. The first-order valence-corrected chi connectivity index (χ1v) is 5.06. The average molecular weight is 244 g/mol. The van der Waals surface area contributed by atoms with Crippen LogP contribution >= 0.6 is 0 Å². The number of halogens is 2. The summed E-state index contributed by atoms with van der Waals surface area (Å²) < 4.78 is 28.0. The molecule has 0 spiro atoms. The molecule has 94 valence electrons. The van der Waals surface area contributed by atoms with Gasteiger partial charge in [0.1, 0.15) is 13.2 Å². The molecule has 1 amide bonds. The highest BCUT2D eigenvalue weighted by Gasteiger charge is 2.06. The fourth-order valence-electron chi connectivity index (χ4n) is 1.21. The standard InChI is InChI=1S/C11H14F2N2O2/c12-10(13)6-17-7-11(16)15-9-3-1-2-8(4-9)5-14/h1-4,10H,5-7,14H2,(H,15,16). The van der Waals surface area contributed by atoms with E-state index in [0.717, 1.165) is 5.56 Å². The maximum absolute atomic E-state index is 11.7. The molecule has 1 aromatic carbocycles. The van der Waals surface area contributed by atoms with Gasteiger partial charge >= 0.3 is 0 Å². The van der Waals surface area contributed by atoms with Gasteiger partial charge in [0.05, 0.1) is 0 Å². The minimum Gasteiger partial charge on any atom is -0.366 e. The van der Waals surface area contributed by atoms with Crippen molar-refractivity contribution in [1.29, 1.82) is 0 Å². The van der Waals surface area contributed by atoms with Crippen molar-refractivity contribution in [3.8, 4) is 0 Å². The second kappa shape index (κ2) is 6.93.